The van der Waals surface area contributed by atoms with Crippen LogP contribution in [0.5, 0.6) is 0 Å². The van der Waals surface area contributed by atoms with Crippen LogP contribution in [-0.4, -0.2) is 41.8 Å². The van der Waals surface area contributed by atoms with E-state index in [1.54, 1.807) is 6.08 Å². The molecule has 2 unspecified atom stereocenters. The molecular weight excluding hydrogens is 420 g/mol. The molecule has 1 aliphatic carbocycles. The first kappa shape index (κ1) is 24.0. The van der Waals surface area contributed by atoms with Gasteiger partial charge in [-0.3, -0.25) is 4.79 Å². The van der Waals surface area contributed by atoms with Gasteiger partial charge in [0.15, 0.2) is 0 Å². The molecular formula is C26H30N2O5. The molecule has 0 aromatic heterocycles. The maximum Gasteiger partial charge on any atom is 0.407 e. The highest BCUT2D eigenvalue weighted by Gasteiger charge is 2.30. The normalized spacial score (nSPS) is 13.8. The Morgan fingerprint density at radius 2 is 1.61 bits per heavy atom. The smallest absolute Gasteiger partial charge is 0.407 e. The van der Waals surface area contributed by atoms with Crippen molar-refractivity contribution in [2.75, 3.05) is 6.61 Å². The third-order valence-electron chi connectivity index (χ3n) is 5.80. The number of aliphatic carboxylic acids is 1. The van der Waals surface area contributed by atoms with E-state index in [1.807, 2.05) is 43.3 Å². The van der Waals surface area contributed by atoms with Gasteiger partial charge in [-0.2, -0.15) is 0 Å². The van der Waals surface area contributed by atoms with Crippen molar-refractivity contribution in [3.8, 4) is 11.1 Å². The van der Waals surface area contributed by atoms with Crippen molar-refractivity contribution in [1.29, 1.82) is 0 Å². The van der Waals surface area contributed by atoms with Crippen molar-refractivity contribution >= 4 is 18.0 Å². The van der Waals surface area contributed by atoms with Gasteiger partial charge in [-0.05, 0) is 41.5 Å². The maximum absolute atomic E-state index is 12.7. The molecule has 7 nitrogen and oxygen atoms in total. The average Bonchev–Trinajstić information content (AvgIpc) is 3.13. The zero-order chi connectivity index (χ0) is 23.8. The van der Waals surface area contributed by atoms with E-state index in [0.717, 1.165) is 22.3 Å². The molecule has 0 aliphatic heterocycles. The lowest BCUT2D eigenvalue weighted by atomic mass is 9.98. The quantitative estimate of drug-likeness (QED) is 0.445. The molecule has 1 aliphatic rings. The maximum atomic E-state index is 12.7. The number of benzene rings is 2. The predicted octanol–water partition coefficient (Wildman–Crippen LogP) is 4.23. The number of allylic oxidation sites excluding steroid dienone is 1. The summed E-state index contributed by atoms with van der Waals surface area (Å²) in [7, 11) is 0. The second kappa shape index (κ2) is 11.3. The van der Waals surface area contributed by atoms with E-state index in [0.29, 0.717) is 19.3 Å². The van der Waals surface area contributed by atoms with Gasteiger partial charge in [0, 0.05) is 5.92 Å². The lowest BCUT2D eigenvalue weighted by molar-refractivity contribution is -0.142. The summed E-state index contributed by atoms with van der Waals surface area (Å²) in [4.78, 5) is 36.7. The van der Waals surface area contributed by atoms with Gasteiger partial charge >= 0.3 is 12.1 Å². The van der Waals surface area contributed by atoms with Crippen molar-refractivity contribution in [1.82, 2.24) is 10.6 Å². The zero-order valence-corrected chi connectivity index (χ0v) is 18.8. The topological polar surface area (TPSA) is 105 Å². The van der Waals surface area contributed by atoms with Crippen molar-refractivity contribution in [3.05, 3.63) is 72.3 Å². The van der Waals surface area contributed by atoms with Gasteiger partial charge in [-0.25, -0.2) is 9.59 Å². The lowest BCUT2D eigenvalue weighted by Gasteiger charge is -2.21. The summed E-state index contributed by atoms with van der Waals surface area (Å²) in [5.74, 6) is -1.75. The van der Waals surface area contributed by atoms with Crippen molar-refractivity contribution in [3.63, 3.8) is 0 Å². The van der Waals surface area contributed by atoms with E-state index in [2.05, 4.69) is 29.3 Å². The van der Waals surface area contributed by atoms with Gasteiger partial charge in [-0.15, -0.1) is 6.58 Å². The first-order chi connectivity index (χ1) is 16.0. The van der Waals surface area contributed by atoms with Crippen LogP contribution in [0.25, 0.3) is 11.1 Å². The number of hydrogen-bond donors (Lipinski definition) is 3. The number of nitrogens with one attached hydrogen (secondary N) is 2. The third-order valence-corrected chi connectivity index (χ3v) is 5.80. The third kappa shape index (κ3) is 5.80. The number of hydrogen-bond acceptors (Lipinski definition) is 4. The highest BCUT2D eigenvalue weighted by Crippen LogP contribution is 2.44. The lowest BCUT2D eigenvalue weighted by Crippen LogP contribution is -2.51. The van der Waals surface area contributed by atoms with Gasteiger partial charge in [0.05, 0.1) is 0 Å². The summed E-state index contributed by atoms with van der Waals surface area (Å²) in [6.45, 7) is 5.62. The van der Waals surface area contributed by atoms with Crippen LogP contribution in [0, 0.1) is 0 Å². The highest BCUT2D eigenvalue weighted by atomic mass is 16.5. The summed E-state index contributed by atoms with van der Waals surface area (Å²) < 4.78 is 5.53. The first-order valence-corrected chi connectivity index (χ1v) is 11.2. The number of carbonyl (C=O) groups is 3. The number of fused-ring (bicyclic) bond motifs is 3. The van der Waals surface area contributed by atoms with Gasteiger partial charge in [0.2, 0.25) is 5.91 Å². The van der Waals surface area contributed by atoms with Gasteiger partial charge < -0.3 is 20.5 Å². The highest BCUT2D eigenvalue weighted by molar-refractivity contribution is 5.89. The second-order valence-electron chi connectivity index (χ2n) is 8.08. The number of carbonyl (C=O) groups excluding carboxylic acids is 2. The summed E-state index contributed by atoms with van der Waals surface area (Å²) >= 11 is 0. The van der Waals surface area contributed by atoms with Crippen LogP contribution in [0.1, 0.15) is 49.7 Å². The fourth-order valence-corrected chi connectivity index (χ4v) is 4.15. The van der Waals surface area contributed by atoms with E-state index >= 15 is 0 Å². The minimum Gasteiger partial charge on any atom is -0.480 e. The molecule has 0 heterocycles. The van der Waals surface area contributed by atoms with Crippen molar-refractivity contribution in [2.24, 2.45) is 0 Å². The van der Waals surface area contributed by atoms with Crippen LogP contribution in [0.4, 0.5) is 4.79 Å². The number of alkyl carbamates (subject to hydrolysis) is 1. The molecule has 2 aromatic rings. The first-order valence-electron chi connectivity index (χ1n) is 11.2. The minimum atomic E-state index is -1.10. The van der Waals surface area contributed by atoms with Crippen molar-refractivity contribution < 1.29 is 24.2 Å². The molecule has 0 saturated carbocycles. The Morgan fingerprint density at radius 1 is 1.00 bits per heavy atom. The Bertz CT molecular complexity index is 974. The van der Waals surface area contributed by atoms with Gasteiger partial charge in [-0.1, -0.05) is 68.0 Å². The average molecular weight is 451 g/mol. The number of ether oxygens (including phenoxy) is 1. The van der Waals surface area contributed by atoms with E-state index in [-0.39, 0.29) is 18.9 Å². The van der Waals surface area contributed by atoms with Crippen LogP contribution >= 0.6 is 0 Å². The fraction of sp³-hybridized carbons (Fsp3) is 0.346. The second-order valence-corrected chi connectivity index (χ2v) is 8.08. The summed E-state index contributed by atoms with van der Waals surface area (Å²) in [6, 6.07) is 14.1. The predicted molar refractivity (Wildman–Crippen MR) is 126 cm³/mol. The minimum absolute atomic E-state index is 0.0930. The summed E-state index contributed by atoms with van der Waals surface area (Å²) in [5, 5.41) is 14.4. The van der Waals surface area contributed by atoms with E-state index in [9.17, 15) is 19.5 Å². The molecule has 0 radical (unpaired) electrons. The molecule has 0 saturated heterocycles. The van der Waals surface area contributed by atoms with Crippen LogP contribution in [0.2, 0.25) is 0 Å². The largest absolute Gasteiger partial charge is 0.480 e. The number of amides is 2. The molecule has 2 atom stereocenters. The Balaban J connectivity index is 1.65. The summed E-state index contributed by atoms with van der Waals surface area (Å²) in [6.07, 6.45) is 2.60. The molecule has 7 heteroatoms. The monoisotopic (exact) mass is 450 g/mol. The van der Waals surface area contributed by atoms with E-state index in [4.69, 9.17) is 4.74 Å². The Hall–Kier alpha value is -3.61. The Kier molecular flexibility index (Phi) is 8.24. The Morgan fingerprint density at radius 3 is 2.15 bits per heavy atom. The zero-order valence-electron chi connectivity index (χ0n) is 18.8. The standard InChI is InChI=1S/C26H30N2O5/c1-3-5-15-22(24(29)27-23(10-4-2)25(30)31)28-26(32)33-16-21-19-13-8-6-11-17(19)18-12-7-9-14-20(18)21/h3,6-9,11-14,21-23H,1,4-5,10,15-16H2,2H3,(H,27,29)(H,28,32)(H,30,31). The molecule has 0 bridgehead atoms. The molecule has 3 N–H and O–H groups in total. The molecule has 0 spiro atoms. The van der Waals surface area contributed by atoms with Crippen LogP contribution < -0.4 is 10.6 Å². The number of carboxylic acids is 1. The summed E-state index contributed by atoms with van der Waals surface area (Å²) in [5.41, 5.74) is 4.44. The van der Waals surface area contributed by atoms with Crippen molar-refractivity contribution in [2.45, 2.75) is 50.6 Å². The van der Waals surface area contributed by atoms with Crippen LogP contribution in [0.15, 0.2) is 61.2 Å². The number of rotatable bonds is 11. The molecule has 0 fully saturated rings. The molecule has 174 valence electrons. The molecule has 33 heavy (non-hydrogen) atoms. The van der Waals surface area contributed by atoms with E-state index < -0.39 is 30.1 Å². The van der Waals surface area contributed by atoms with Gasteiger partial charge in [0.25, 0.3) is 0 Å². The fourth-order valence-electron chi connectivity index (χ4n) is 4.15. The molecule has 2 aromatic carbocycles. The molecule has 2 amide bonds. The number of carboxylic acid groups (broad SMARTS) is 1. The SMILES string of the molecule is C=CCCC(NC(=O)OCC1c2ccccc2-c2ccccc21)C(=O)NC(CCC)C(=O)O. The van der Waals surface area contributed by atoms with Gasteiger partial charge in [0.1, 0.15) is 18.7 Å². The van der Waals surface area contributed by atoms with Crippen LogP contribution in [-0.2, 0) is 14.3 Å². The molecule has 3 rings (SSSR count). The van der Waals surface area contributed by atoms with E-state index in [1.165, 1.54) is 0 Å². The Labute approximate surface area is 193 Å². The van der Waals surface area contributed by atoms with Crippen LogP contribution in [0.3, 0.4) is 0 Å².